The number of amides is 1. The Hall–Kier alpha value is -1.40. The molecule has 0 fully saturated rings. The van der Waals surface area contributed by atoms with Crippen LogP contribution < -0.4 is 10.0 Å². The molecule has 0 atom stereocenters. The number of hydrogen-bond donors (Lipinski definition) is 2. The number of hydrogen-bond acceptors (Lipinski definition) is 3. The Morgan fingerprint density at radius 1 is 1.26 bits per heavy atom. The summed E-state index contributed by atoms with van der Waals surface area (Å²) in [6, 6.07) is 7.48. The zero-order chi connectivity index (χ0) is 14.3. The molecule has 5 nitrogen and oxygen atoms in total. The van der Waals surface area contributed by atoms with E-state index in [0.717, 1.165) is 12.0 Å². The van der Waals surface area contributed by atoms with Gasteiger partial charge in [-0.2, -0.15) is 0 Å². The molecular formula is C13H20N2O3S. The van der Waals surface area contributed by atoms with Crippen LogP contribution in [0.4, 0.5) is 5.69 Å². The fourth-order valence-electron chi connectivity index (χ4n) is 1.59. The molecule has 0 aromatic heterocycles. The second-order valence-electron chi connectivity index (χ2n) is 4.24. The number of benzene rings is 1. The first-order valence-corrected chi connectivity index (χ1v) is 7.98. The molecule has 2 N–H and O–H groups in total. The second-order valence-corrected chi connectivity index (χ2v) is 6.17. The van der Waals surface area contributed by atoms with Gasteiger partial charge in [0.25, 0.3) is 0 Å². The van der Waals surface area contributed by atoms with Gasteiger partial charge in [0.15, 0.2) is 0 Å². The molecule has 106 valence electrons. The van der Waals surface area contributed by atoms with Gasteiger partial charge >= 0.3 is 0 Å². The van der Waals surface area contributed by atoms with Crippen LogP contribution in [0.2, 0.25) is 0 Å². The van der Waals surface area contributed by atoms with Crippen LogP contribution in [0.5, 0.6) is 0 Å². The minimum Gasteiger partial charge on any atom is -0.325 e. The Bertz CT molecular complexity index is 526. The van der Waals surface area contributed by atoms with E-state index < -0.39 is 10.0 Å². The van der Waals surface area contributed by atoms with Crippen molar-refractivity contribution in [3.63, 3.8) is 0 Å². The summed E-state index contributed by atoms with van der Waals surface area (Å²) >= 11 is 0. The Morgan fingerprint density at radius 2 is 2.00 bits per heavy atom. The molecule has 0 aliphatic rings. The normalized spacial score (nSPS) is 11.3. The van der Waals surface area contributed by atoms with Gasteiger partial charge in [-0.25, -0.2) is 13.1 Å². The summed E-state index contributed by atoms with van der Waals surface area (Å²) < 4.78 is 25.1. The highest BCUT2D eigenvalue weighted by molar-refractivity contribution is 7.89. The number of sulfonamides is 1. The Balaban J connectivity index is 2.51. The summed E-state index contributed by atoms with van der Waals surface area (Å²) in [5.74, 6) is -0.334. The number of carbonyl (C=O) groups is 1. The molecule has 0 spiro atoms. The Kier molecular flexibility index (Phi) is 5.98. The first-order chi connectivity index (χ1) is 8.96. The van der Waals surface area contributed by atoms with Crippen molar-refractivity contribution < 1.29 is 13.2 Å². The molecule has 0 aliphatic heterocycles. The fraction of sp³-hybridized carbons (Fsp3) is 0.462. The van der Waals surface area contributed by atoms with E-state index in [-0.39, 0.29) is 18.2 Å². The SMILES string of the molecule is CCCS(=O)(=O)NCC(=O)Nc1cccc(CC)c1. The highest BCUT2D eigenvalue weighted by atomic mass is 32.2. The van der Waals surface area contributed by atoms with Crippen LogP contribution in [0.3, 0.4) is 0 Å². The summed E-state index contributed by atoms with van der Waals surface area (Å²) in [6.07, 6.45) is 1.41. The van der Waals surface area contributed by atoms with Crippen molar-refractivity contribution >= 4 is 21.6 Å². The third kappa shape index (κ3) is 5.85. The van der Waals surface area contributed by atoms with Crippen molar-refractivity contribution in [2.45, 2.75) is 26.7 Å². The largest absolute Gasteiger partial charge is 0.325 e. The van der Waals surface area contributed by atoms with Gasteiger partial charge < -0.3 is 5.32 Å². The lowest BCUT2D eigenvalue weighted by molar-refractivity contribution is -0.115. The lowest BCUT2D eigenvalue weighted by Crippen LogP contribution is -2.34. The average Bonchev–Trinajstić information content (AvgIpc) is 2.37. The molecule has 0 heterocycles. The lowest BCUT2D eigenvalue weighted by atomic mass is 10.1. The molecule has 1 aromatic carbocycles. The number of carbonyl (C=O) groups excluding carboxylic acids is 1. The number of aryl methyl sites for hydroxylation is 1. The highest BCUT2D eigenvalue weighted by Gasteiger charge is 2.11. The molecule has 0 aliphatic carbocycles. The van der Waals surface area contributed by atoms with Crippen molar-refractivity contribution in [3.05, 3.63) is 29.8 Å². The minimum absolute atomic E-state index is 0.0333. The second kappa shape index (κ2) is 7.25. The van der Waals surface area contributed by atoms with Gasteiger partial charge in [0.05, 0.1) is 12.3 Å². The van der Waals surface area contributed by atoms with Gasteiger partial charge in [-0.15, -0.1) is 0 Å². The first-order valence-electron chi connectivity index (χ1n) is 6.33. The molecule has 19 heavy (non-hydrogen) atoms. The fourth-order valence-corrected chi connectivity index (χ4v) is 2.62. The predicted octanol–water partition coefficient (Wildman–Crippen LogP) is 1.52. The maximum Gasteiger partial charge on any atom is 0.239 e. The zero-order valence-corrected chi connectivity index (χ0v) is 12.1. The average molecular weight is 284 g/mol. The van der Waals surface area contributed by atoms with E-state index in [9.17, 15) is 13.2 Å². The van der Waals surface area contributed by atoms with Gasteiger partial charge in [-0.3, -0.25) is 4.79 Å². The van der Waals surface area contributed by atoms with Gasteiger partial charge in [-0.1, -0.05) is 26.0 Å². The standard InChI is InChI=1S/C13H20N2O3S/c1-3-8-19(17,18)14-10-13(16)15-12-7-5-6-11(4-2)9-12/h5-7,9,14H,3-4,8,10H2,1-2H3,(H,15,16). The van der Waals surface area contributed by atoms with Crippen LogP contribution >= 0.6 is 0 Å². The summed E-state index contributed by atoms with van der Waals surface area (Å²) in [4.78, 5) is 11.6. The van der Waals surface area contributed by atoms with Crippen molar-refractivity contribution in [2.75, 3.05) is 17.6 Å². The molecule has 0 saturated carbocycles. The number of rotatable bonds is 7. The third-order valence-corrected chi connectivity index (χ3v) is 4.07. The summed E-state index contributed by atoms with van der Waals surface area (Å²) in [5.41, 5.74) is 1.79. The van der Waals surface area contributed by atoms with Crippen LogP contribution in [-0.2, 0) is 21.2 Å². The summed E-state index contributed by atoms with van der Waals surface area (Å²) in [7, 11) is -3.34. The van der Waals surface area contributed by atoms with Gasteiger partial charge in [-0.05, 0) is 30.5 Å². The molecule has 0 saturated heterocycles. The van der Waals surface area contributed by atoms with Crippen molar-refractivity contribution in [3.8, 4) is 0 Å². The van der Waals surface area contributed by atoms with E-state index in [2.05, 4.69) is 10.0 Å². The van der Waals surface area contributed by atoms with Crippen LogP contribution in [0.25, 0.3) is 0 Å². The third-order valence-electron chi connectivity index (χ3n) is 2.54. The summed E-state index contributed by atoms with van der Waals surface area (Å²) in [5, 5.41) is 2.67. The van der Waals surface area contributed by atoms with Crippen LogP contribution in [-0.4, -0.2) is 26.6 Å². The van der Waals surface area contributed by atoms with Crippen molar-refractivity contribution in [2.24, 2.45) is 0 Å². The Morgan fingerprint density at radius 3 is 2.63 bits per heavy atom. The van der Waals surface area contributed by atoms with E-state index in [1.54, 1.807) is 13.0 Å². The number of nitrogens with one attached hydrogen (secondary N) is 2. The van der Waals surface area contributed by atoms with E-state index in [4.69, 9.17) is 0 Å². The van der Waals surface area contributed by atoms with Crippen molar-refractivity contribution in [1.82, 2.24) is 4.72 Å². The molecule has 0 radical (unpaired) electrons. The number of anilines is 1. The molecule has 0 unspecified atom stereocenters. The van der Waals surface area contributed by atoms with Crippen LogP contribution in [0, 0.1) is 0 Å². The highest BCUT2D eigenvalue weighted by Crippen LogP contribution is 2.10. The smallest absolute Gasteiger partial charge is 0.239 e. The first kappa shape index (κ1) is 15.7. The van der Waals surface area contributed by atoms with Gasteiger partial charge in [0, 0.05) is 5.69 Å². The molecule has 1 amide bonds. The topological polar surface area (TPSA) is 75.3 Å². The molecule has 1 rings (SSSR count). The van der Waals surface area contributed by atoms with Gasteiger partial charge in [0.2, 0.25) is 15.9 Å². The molecule has 6 heteroatoms. The van der Waals surface area contributed by atoms with Crippen molar-refractivity contribution in [1.29, 1.82) is 0 Å². The van der Waals surface area contributed by atoms with E-state index in [1.165, 1.54) is 0 Å². The quantitative estimate of drug-likeness (QED) is 0.797. The van der Waals surface area contributed by atoms with E-state index in [1.807, 2.05) is 25.1 Å². The lowest BCUT2D eigenvalue weighted by Gasteiger charge is -2.08. The molecule has 0 bridgehead atoms. The predicted molar refractivity (Wildman–Crippen MR) is 76.5 cm³/mol. The zero-order valence-electron chi connectivity index (χ0n) is 11.3. The van der Waals surface area contributed by atoms with E-state index in [0.29, 0.717) is 12.1 Å². The maximum absolute atomic E-state index is 11.6. The Labute approximate surface area is 114 Å². The van der Waals surface area contributed by atoms with Crippen LogP contribution in [0.15, 0.2) is 24.3 Å². The van der Waals surface area contributed by atoms with Crippen LogP contribution in [0.1, 0.15) is 25.8 Å². The maximum atomic E-state index is 11.6. The molecule has 1 aromatic rings. The van der Waals surface area contributed by atoms with E-state index >= 15 is 0 Å². The minimum atomic E-state index is -3.34. The summed E-state index contributed by atoms with van der Waals surface area (Å²) in [6.45, 7) is 3.56. The molecular weight excluding hydrogens is 264 g/mol. The monoisotopic (exact) mass is 284 g/mol. The van der Waals surface area contributed by atoms with Gasteiger partial charge in [0.1, 0.15) is 0 Å².